The van der Waals surface area contributed by atoms with Crippen LogP contribution in [0.2, 0.25) is 0 Å². The molecule has 0 spiro atoms. The van der Waals surface area contributed by atoms with Gasteiger partial charge in [0.1, 0.15) is 11.0 Å². The fraction of sp³-hybridized carbons (Fsp3) is 0.267. The molecule has 4 rings (SSSR count). The fourth-order valence-electron chi connectivity index (χ4n) is 2.73. The molecular weight excluding hydrogens is 268 g/mol. The number of nitrogens with one attached hydrogen (secondary N) is 1. The van der Waals surface area contributed by atoms with Gasteiger partial charge in [-0.1, -0.05) is 12.1 Å². The van der Waals surface area contributed by atoms with E-state index in [0.717, 1.165) is 36.1 Å². The first-order chi connectivity index (χ1) is 9.90. The third-order valence-electron chi connectivity index (χ3n) is 3.77. The number of hydrogen-bond acceptors (Lipinski definition) is 5. The van der Waals surface area contributed by atoms with Gasteiger partial charge < -0.3 is 5.32 Å². The molecule has 0 bridgehead atoms. The second-order valence-electron chi connectivity index (χ2n) is 5.09. The molecule has 0 amide bonds. The van der Waals surface area contributed by atoms with E-state index in [1.54, 1.807) is 0 Å². The maximum Gasteiger partial charge on any atom is 0.109 e. The number of hydrogen-bond donors (Lipinski definition) is 1. The largest absolute Gasteiger partial charge is 0.380 e. The molecule has 0 radical (unpaired) electrons. The van der Waals surface area contributed by atoms with Crippen molar-refractivity contribution in [3.05, 3.63) is 47.3 Å². The molecule has 0 aliphatic heterocycles. The lowest BCUT2D eigenvalue weighted by molar-refractivity contribution is 0.899. The number of benzene rings is 1. The van der Waals surface area contributed by atoms with Gasteiger partial charge >= 0.3 is 0 Å². The van der Waals surface area contributed by atoms with Gasteiger partial charge in [-0.15, -0.1) is 0 Å². The summed E-state index contributed by atoms with van der Waals surface area (Å²) in [7, 11) is 0. The fourth-order valence-corrected chi connectivity index (χ4v) is 3.29. The van der Waals surface area contributed by atoms with E-state index in [1.165, 1.54) is 35.0 Å². The minimum Gasteiger partial charge on any atom is -0.380 e. The predicted molar refractivity (Wildman–Crippen MR) is 81.0 cm³/mol. The van der Waals surface area contributed by atoms with Crippen molar-refractivity contribution in [1.29, 1.82) is 0 Å². The van der Waals surface area contributed by atoms with Crippen molar-refractivity contribution in [2.24, 2.45) is 0 Å². The van der Waals surface area contributed by atoms with Crippen LogP contribution in [-0.2, 0) is 19.4 Å². The number of anilines is 1. The molecule has 5 heteroatoms. The predicted octanol–water partition coefficient (Wildman–Crippen LogP) is 3.19. The lowest BCUT2D eigenvalue weighted by Crippen LogP contribution is -2.01. The van der Waals surface area contributed by atoms with Crippen LogP contribution < -0.4 is 5.32 Å². The zero-order valence-electron chi connectivity index (χ0n) is 11.0. The monoisotopic (exact) mass is 282 g/mol. The van der Waals surface area contributed by atoms with Crippen LogP contribution in [0.15, 0.2) is 30.5 Å². The summed E-state index contributed by atoms with van der Waals surface area (Å²) in [5, 5.41) is 3.45. The van der Waals surface area contributed by atoms with Gasteiger partial charge in [-0.05, 0) is 37.0 Å². The van der Waals surface area contributed by atoms with Crippen molar-refractivity contribution in [3.63, 3.8) is 0 Å². The maximum absolute atomic E-state index is 4.54. The topological polar surface area (TPSA) is 50.7 Å². The van der Waals surface area contributed by atoms with E-state index >= 15 is 0 Å². The molecule has 0 saturated heterocycles. The van der Waals surface area contributed by atoms with Crippen LogP contribution in [0.1, 0.15) is 23.2 Å². The molecule has 3 aromatic rings. The van der Waals surface area contributed by atoms with Gasteiger partial charge in [-0.3, -0.25) is 4.98 Å². The quantitative estimate of drug-likeness (QED) is 0.801. The molecule has 20 heavy (non-hydrogen) atoms. The van der Waals surface area contributed by atoms with E-state index in [1.807, 2.05) is 18.3 Å². The normalized spacial score (nSPS) is 13.6. The second-order valence-corrected chi connectivity index (χ2v) is 5.61. The van der Waals surface area contributed by atoms with E-state index in [4.69, 9.17) is 0 Å². The lowest BCUT2D eigenvalue weighted by atomic mass is 10.1. The first-order valence-electron chi connectivity index (χ1n) is 6.82. The van der Waals surface area contributed by atoms with Crippen LogP contribution >= 0.6 is 11.7 Å². The van der Waals surface area contributed by atoms with Crippen molar-refractivity contribution in [2.75, 3.05) is 5.32 Å². The minimum atomic E-state index is 0.753. The Morgan fingerprint density at radius 3 is 3.20 bits per heavy atom. The SMILES string of the molecule is c1cc(CNc2cnc3c(c2)CCC3)c2nsnc2c1. The molecule has 0 saturated carbocycles. The van der Waals surface area contributed by atoms with Crippen molar-refractivity contribution >= 4 is 28.4 Å². The van der Waals surface area contributed by atoms with Crippen LogP contribution in [0.5, 0.6) is 0 Å². The Bertz CT molecular complexity index is 765. The number of aromatic nitrogens is 3. The highest BCUT2D eigenvalue weighted by Crippen LogP contribution is 2.23. The third kappa shape index (κ3) is 2.04. The highest BCUT2D eigenvalue weighted by atomic mass is 32.1. The van der Waals surface area contributed by atoms with Crippen LogP contribution in [0.25, 0.3) is 11.0 Å². The number of aryl methyl sites for hydroxylation is 2. The van der Waals surface area contributed by atoms with Crippen LogP contribution in [0.4, 0.5) is 5.69 Å². The summed E-state index contributed by atoms with van der Waals surface area (Å²) in [6, 6.07) is 8.35. The van der Waals surface area contributed by atoms with E-state index in [2.05, 4.69) is 31.2 Å². The molecule has 0 atom stereocenters. The lowest BCUT2D eigenvalue weighted by Gasteiger charge is -2.08. The van der Waals surface area contributed by atoms with Crippen molar-refractivity contribution in [2.45, 2.75) is 25.8 Å². The van der Waals surface area contributed by atoms with Crippen LogP contribution in [0.3, 0.4) is 0 Å². The standard InChI is InChI=1S/C15H14N4S/c1-3-10-7-12(9-17-13(10)5-1)16-8-11-4-2-6-14-15(11)19-20-18-14/h2,4,6-7,9,16H,1,3,5,8H2. The first kappa shape index (κ1) is 11.8. The van der Waals surface area contributed by atoms with Crippen molar-refractivity contribution < 1.29 is 0 Å². The summed E-state index contributed by atoms with van der Waals surface area (Å²) in [5.41, 5.74) is 6.90. The van der Waals surface area contributed by atoms with Gasteiger partial charge in [0, 0.05) is 17.8 Å². The molecule has 1 aliphatic rings. The Kier molecular flexibility index (Phi) is 2.85. The number of rotatable bonds is 3. The Morgan fingerprint density at radius 2 is 2.20 bits per heavy atom. The third-order valence-corrected chi connectivity index (χ3v) is 4.31. The Labute approximate surface area is 121 Å². The highest BCUT2D eigenvalue weighted by molar-refractivity contribution is 7.00. The van der Waals surface area contributed by atoms with E-state index < -0.39 is 0 Å². The zero-order valence-corrected chi connectivity index (χ0v) is 11.8. The van der Waals surface area contributed by atoms with E-state index in [-0.39, 0.29) is 0 Å². The smallest absolute Gasteiger partial charge is 0.109 e. The van der Waals surface area contributed by atoms with E-state index in [9.17, 15) is 0 Å². The average molecular weight is 282 g/mol. The summed E-state index contributed by atoms with van der Waals surface area (Å²) >= 11 is 1.26. The molecule has 0 fully saturated rings. The van der Waals surface area contributed by atoms with Gasteiger partial charge in [0.05, 0.1) is 23.6 Å². The Morgan fingerprint density at radius 1 is 1.20 bits per heavy atom. The summed E-state index contributed by atoms with van der Waals surface area (Å²) in [6.07, 6.45) is 5.45. The molecule has 1 N–H and O–H groups in total. The van der Waals surface area contributed by atoms with Gasteiger partial charge in [-0.2, -0.15) is 8.75 Å². The van der Waals surface area contributed by atoms with Gasteiger partial charge in [0.25, 0.3) is 0 Å². The van der Waals surface area contributed by atoms with Crippen LogP contribution in [0, 0.1) is 0 Å². The molecule has 1 aromatic carbocycles. The van der Waals surface area contributed by atoms with Gasteiger partial charge in [0.2, 0.25) is 0 Å². The molecular formula is C15H14N4S. The maximum atomic E-state index is 4.54. The molecule has 1 aliphatic carbocycles. The number of fused-ring (bicyclic) bond motifs is 2. The first-order valence-corrected chi connectivity index (χ1v) is 7.55. The second kappa shape index (κ2) is 4.83. The average Bonchev–Trinajstić information content (AvgIpc) is 3.13. The van der Waals surface area contributed by atoms with Crippen molar-refractivity contribution in [3.8, 4) is 0 Å². The number of nitrogens with zero attached hydrogens (tertiary/aromatic N) is 3. The Balaban J connectivity index is 1.57. The molecule has 0 unspecified atom stereocenters. The summed E-state index contributed by atoms with van der Waals surface area (Å²) in [4.78, 5) is 4.54. The van der Waals surface area contributed by atoms with Crippen LogP contribution in [-0.4, -0.2) is 13.7 Å². The molecule has 2 aromatic heterocycles. The number of pyridine rings is 1. The molecule has 2 heterocycles. The Hall–Kier alpha value is -2.01. The van der Waals surface area contributed by atoms with E-state index in [0.29, 0.717) is 0 Å². The summed E-state index contributed by atoms with van der Waals surface area (Å²) < 4.78 is 8.64. The highest BCUT2D eigenvalue weighted by Gasteiger charge is 2.12. The van der Waals surface area contributed by atoms with Crippen molar-refractivity contribution in [1.82, 2.24) is 13.7 Å². The molecule has 100 valence electrons. The minimum absolute atomic E-state index is 0.753. The molecule has 4 nitrogen and oxygen atoms in total. The van der Waals surface area contributed by atoms with Gasteiger partial charge in [-0.25, -0.2) is 0 Å². The summed E-state index contributed by atoms with van der Waals surface area (Å²) in [5.74, 6) is 0. The zero-order chi connectivity index (χ0) is 13.4. The summed E-state index contributed by atoms with van der Waals surface area (Å²) in [6.45, 7) is 0.753. The van der Waals surface area contributed by atoms with Gasteiger partial charge in [0.15, 0.2) is 0 Å².